The van der Waals surface area contributed by atoms with Gasteiger partial charge in [0.15, 0.2) is 0 Å². The number of likely N-dealkylation sites (N-methyl/N-ethyl adjacent to an activating group) is 1. The average Bonchev–Trinajstić information content (AvgIpc) is 2.47. The number of carbonyl (C=O) groups excluding carboxylic acids is 1. The van der Waals surface area contributed by atoms with Crippen LogP contribution in [0.5, 0.6) is 5.75 Å². The third-order valence-corrected chi connectivity index (χ3v) is 2.85. The predicted molar refractivity (Wildman–Crippen MR) is 91.6 cm³/mol. The number of benzene rings is 2. The van der Waals surface area contributed by atoms with Gasteiger partial charge in [0.25, 0.3) is 0 Å². The van der Waals surface area contributed by atoms with E-state index in [1.807, 2.05) is 73.6 Å². The molecule has 0 saturated carbocycles. The van der Waals surface area contributed by atoms with Crippen molar-refractivity contribution in [3.63, 3.8) is 0 Å². The molecule has 2 aromatic rings. The highest BCUT2D eigenvalue weighted by molar-refractivity contribution is 5.92. The lowest BCUT2D eigenvalue weighted by molar-refractivity contribution is -0.116. The molecule has 0 bridgehead atoms. The van der Waals surface area contributed by atoms with E-state index in [4.69, 9.17) is 4.74 Å². The Bertz CT molecular complexity index is 571. The van der Waals surface area contributed by atoms with E-state index in [0.29, 0.717) is 13.2 Å². The van der Waals surface area contributed by atoms with Gasteiger partial charge in [-0.15, -0.1) is 12.4 Å². The zero-order valence-corrected chi connectivity index (χ0v) is 13.6. The number of nitrogens with zero attached hydrogens (tertiary/aromatic N) is 1. The lowest BCUT2D eigenvalue weighted by atomic mass is 10.2. The summed E-state index contributed by atoms with van der Waals surface area (Å²) in [6.07, 6.45) is 0. The Morgan fingerprint density at radius 3 is 2.27 bits per heavy atom. The molecular weight excluding hydrogens is 300 g/mol. The summed E-state index contributed by atoms with van der Waals surface area (Å²) in [5, 5.41) is 2.84. The maximum atomic E-state index is 11.6. The normalized spacial score (nSPS) is 9.95. The van der Waals surface area contributed by atoms with Crippen LogP contribution in [0, 0.1) is 0 Å². The number of nitrogens with one attached hydrogen (secondary N) is 1. The molecule has 22 heavy (non-hydrogen) atoms. The Labute approximate surface area is 137 Å². The van der Waals surface area contributed by atoms with E-state index in [0.717, 1.165) is 17.0 Å². The van der Waals surface area contributed by atoms with Gasteiger partial charge in [-0.05, 0) is 43.9 Å². The summed E-state index contributed by atoms with van der Waals surface area (Å²) in [5.41, 5.74) is 1.90. The van der Waals surface area contributed by atoms with Crippen LogP contribution in [0.2, 0.25) is 0 Å². The number of ether oxygens (including phenoxy) is 1. The maximum absolute atomic E-state index is 11.6. The minimum absolute atomic E-state index is 0. The van der Waals surface area contributed by atoms with Gasteiger partial charge >= 0.3 is 0 Å². The van der Waals surface area contributed by atoms with Crippen LogP contribution in [0.15, 0.2) is 54.6 Å². The summed E-state index contributed by atoms with van der Waals surface area (Å²) in [4.78, 5) is 13.5. The first-order valence-corrected chi connectivity index (χ1v) is 6.85. The molecule has 0 radical (unpaired) electrons. The van der Waals surface area contributed by atoms with Crippen LogP contribution >= 0.6 is 12.4 Å². The highest BCUT2D eigenvalue weighted by atomic mass is 35.5. The number of amides is 1. The zero-order chi connectivity index (χ0) is 15.1. The van der Waals surface area contributed by atoms with Crippen LogP contribution in [-0.4, -0.2) is 31.4 Å². The Kier molecular flexibility index (Phi) is 7.43. The second kappa shape index (κ2) is 9.07. The quantitative estimate of drug-likeness (QED) is 0.888. The van der Waals surface area contributed by atoms with Gasteiger partial charge in [-0.25, -0.2) is 0 Å². The monoisotopic (exact) mass is 320 g/mol. The van der Waals surface area contributed by atoms with Gasteiger partial charge in [-0.2, -0.15) is 0 Å². The minimum Gasteiger partial charge on any atom is -0.489 e. The van der Waals surface area contributed by atoms with E-state index < -0.39 is 0 Å². The maximum Gasteiger partial charge on any atom is 0.238 e. The number of anilines is 1. The Morgan fingerprint density at radius 2 is 1.68 bits per heavy atom. The summed E-state index contributed by atoms with van der Waals surface area (Å²) in [5.74, 6) is 0.752. The smallest absolute Gasteiger partial charge is 0.238 e. The summed E-state index contributed by atoms with van der Waals surface area (Å²) < 4.78 is 5.70. The van der Waals surface area contributed by atoms with Gasteiger partial charge in [0.2, 0.25) is 5.91 Å². The Hall–Kier alpha value is -2.04. The van der Waals surface area contributed by atoms with Gasteiger partial charge in [0, 0.05) is 5.69 Å². The molecule has 0 aromatic heterocycles. The highest BCUT2D eigenvalue weighted by Gasteiger charge is 2.03. The van der Waals surface area contributed by atoms with Crippen LogP contribution in [0.1, 0.15) is 5.56 Å². The molecule has 2 aromatic carbocycles. The van der Waals surface area contributed by atoms with E-state index in [-0.39, 0.29) is 18.3 Å². The number of carbonyl (C=O) groups is 1. The van der Waals surface area contributed by atoms with Gasteiger partial charge in [0.05, 0.1) is 6.54 Å². The topological polar surface area (TPSA) is 41.6 Å². The lowest BCUT2D eigenvalue weighted by Crippen LogP contribution is -2.27. The molecule has 1 amide bonds. The van der Waals surface area contributed by atoms with Crippen molar-refractivity contribution in [2.45, 2.75) is 6.61 Å². The first-order chi connectivity index (χ1) is 10.1. The van der Waals surface area contributed by atoms with E-state index in [9.17, 15) is 4.79 Å². The van der Waals surface area contributed by atoms with Crippen LogP contribution in [0.25, 0.3) is 0 Å². The fraction of sp³-hybridized carbons (Fsp3) is 0.235. The third-order valence-electron chi connectivity index (χ3n) is 2.85. The van der Waals surface area contributed by atoms with E-state index in [2.05, 4.69) is 5.32 Å². The molecule has 4 nitrogen and oxygen atoms in total. The minimum atomic E-state index is -0.0297. The van der Waals surface area contributed by atoms with Crippen LogP contribution in [0.3, 0.4) is 0 Å². The predicted octanol–water partition coefficient (Wildman–Crippen LogP) is 3.19. The molecule has 1 N–H and O–H groups in total. The molecule has 0 aliphatic carbocycles. The molecule has 0 atom stereocenters. The van der Waals surface area contributed by atoms with Crippen molar-refractivity contribution in [2.24, 2.45) is 0 Å². The molecule has 0 spiro atoms. The van der Waals surface area contributed by atoms with E-state index in [1.54, 1.807) is 0 Å². The van der Waals surface area contributed by atoms with Gasteiger partial charge in [-0.3, -0.25) is 4.79 Å². The Morgan fingerprint density at radius 1 is 1.05 bits per heavy atom. The standard InChI is InChI=1S/C17H20N2O2.ClH/c1-19(2)12-17(20)18-15-8-10-16(11-9-15)21-13-14-6-4-3-5-7-14;/h3-11H,12-13H2,1-2H3,(H,18,20);1H. The summed E-state index contributed by atoms with van der Waals surface area (Å²) in [6.45, 7) is 0.902. The molecule has 2 rings (SSSR count). The summed E-state index contributed by atoms with van der Waals surface area (Å²) in [6, 6.07) is 17.4. The summed E-state index contributed by atoms with van der Waals surface area (Å²) >= 11 is 0. The first kappa shape index (κ1) is 18.0. The van der Waals surface area contributed by atoms with Crippen LogP contribution in [0.4, 0.5) is 5.69 Å². The Balaban J connectivity index is 0.00000242. The zero-order valence-electron chi connectivity index (χ0n) is 12.8. The summed E-state index contributed by atoms with van der Waals surface area (Å²) in [7, 11) is 3.72. The van der Waals surface area contributed by atoms with Gasteiger partial charge in [0.1, 0.15) is 12.4 Å². The van der Waals surface area contributed by atoms with Crippen LogP contribution in [-0.2, 0) is 11.4 Å². The van der Waals surface area contributed by atoms with Crippen LogP contribution < -0.4 is 10.1 Å². The molecule has 0 unspecified atom stereocenters. The first-order valence-electron chi connectivity index (χ1n) is 6.85. The van der Waals surface area contributed by atoms with Gasteiger partial charge in [-0.1, -0.05) is 30.3 Å². The molecular formula is C17H21ClN2O2. The van der Waals surface area contributed by atoms with Crippen molar-refractivity contribution in [3.8, 4) is 5.75 Å². The molecule has 0 aliphatic rings. The third kappa shape index (κ3) is 6.16. The number of hydrogen-bond donors (Lipinski definition) is 1. The lowest BCUT2D eigenvalue weighted by Gasteiger charge is -2.11. The van der Waals surface area contributed by atoms with E-state index in [1.165, 1.54) is 0 Å². The number of hydrogen-bond acceptors (Lipinski definition) is 3. The SMILES string of the molecule is CN(C)CC(=O)Nc1ccc(OCc2ccccc2)cc1.Cl. The molecule has 0 saturated heterocycles. The second-order valence-electron chi connectivity index (χ2n) is 5.08. The van der Waals surface area contributed by atoms with Crippen molar-refractivity contribution in [1.29, 1.82) is 0 Å². The fourth-order valence-corrected chi connectivity index (χ4v) is 1.86. The molecule has 0 fully saturated rings. The molecule has 0 heterocycles. The van der Waals surface area contributed by atoms with Crippen molar-refractivity contribution >= 4 is 24.0 Å². The van der Waals surface area contributed by atoms with Crippen molar-refractivity contribution in [2.75, 3.05) is 26.0 Å². The molecule has 118 valence electrons. The van der Waals surface area contributed by atoms with Crippen molar-refractivity contribution in [3.05, 3.63) is 60.2 Å². The molecule has 0 aliphatic heterocycles. The van der Waals surface area contributed by atoms with Gasteiger partial charge < -0.3 is 15.0 Å². The average molecular weight is 321 g/mol. The largest absolute Gasteiger partial charge is 0.489 e. The van der Waals surface area contributed by atoms with Crippen molar-refractivity contribution < 1.29 is 9.53 Å². The van der Waals surface area contributed by atoms with E-state index >= 15 is 0 Å². The molecule has 5 heteroatoms. The fourth-order valence-electron chi connectivity index (χ4n) is 1.86. The van der Waals surface area contributed by atoms with Crippen molar-refractivity contribution in [1.82, 2.24) is 4.90 Å². The number of rotatable bonds is 6. The second-order valence-corrected chi connectivity index (χ2v) is 5.08. The number of halogens is 1. The highest BCUT2D eigenvalue weighted by Crippen LogP contribution is 2.17.